The van der Waals surface area contributed by atoms with Gasteiger partial charge in [-0.15, -0.1) is 0 Å². The Morgan fingerprint density at radius 1 is 1.06 bits per heavy atom. The van der Waals surface area contributed by atoms with Crippen molar-refractivity contribution in [2.24, 2.45) is 11.8 Å². The Morgan fingerprint density at radius 2 is 1.56 bits per heavy atom. The second-order valence-electron chi connectivity index (χ2n) is 3.77. The maximum Gasteiger partial charge on any atom is 1.00 e. The van der Waals surface area contributed by atoms with Crippen LogP contribution < -0.4 is 74.6 Å². The molecule has 0 aliphatic heterocycles. The summed E-state index contributed by atoms with van der Waals surface area (Å²) in [6.45, 7) is 3.03. The summed E-state index contributed by atoms with van der Waals surface area (Å²) in [5.41, 5.74) is 0. The Morgan fingerprint density at radius 3 is 1.94 bits per heavy atom. The van der Waals surface area contributed by atoms with Crippen LogP contribution in [-0.4, -0.2) is 24.4 Å². The molecule has 1 amide bonds. The molecule has 0 saturated heterocycles. The number of amides is 1. The van der Waals surface area contributed by atoms with Crippen molar-refractivity contribution >= 4 is 17.8 Å². The Kier molecular flexibility index (Phi) is 16.2. The SMILES string of the molecule is C[C@@H](C[C@H](C)C(=O)NCCC(=O)[O-])C(=O)[O-].[Na+].[Na+]. The minimum Gasteiger partial charge on any atom is -0.550 e. The van der Waals surface area contributed by atoms with Crippen molar-refractivity contribution in [1.82, 2.24) is 5.32 Å². The first-order valence-corrected chi connectivity index (χ1v) is 5.03. The van der Waals surface area contributed by atoms with Crippen LogP contribution in [0.2, 0.25) is 0 Å². The summed E-state index contributed by atoms with van der Waals surface area (Å²) in [6.07, 6.45) is -0.0893. The van der Waals surface area contributed by atoms with Crippen molar-refractivity contribution < 1.29 is 83.7 Å². The topological polar surface area (TPSA) is 109 Å². The molecule has 0 aromatic carbocycles. The predicted octanol–water partition coefficient (Wildman–Crippen LogP) is -8.34. The molecule has 0 aromatic rings. The van der Waals surface area contributed by atoms with Crippen LogP contribution in [0, 0.1) is 11.8 Å². The number of carbonyl (C=O) groups excluding carboxylic acids is 3. The zero-order valence-electron chi connectivity index (χ0n) is 11.3. The summed E-state index contributed by atoms with van der Waals surface area (Å²) in [5.74, 6) is -4.00. The van der Waals surface area contributed by atoms with E-state index in [9.17, 15) is 24.6 Å². The first-order valence-electron chi connectivity index (χ1n) is 5.03. The van der Waals surface area contributed by atoms with Gasteiger partial charge in [-0.1, -0.05) is 13.8 Å². The molecule has 8 heteroatoms. The molecule has 18 heavy (non-hydrogen) atoms. The van der Waals surface area contributed by atoms with Crippen molar-refractivity contribution in [3.05, 3.63) is 0 Å². The molecule has 0 aromatic heterocycles. The van der Waals surface area contributed by atoms with Crippen LogP contribution in [0.1, 0.15) is 26.7 Å². The van der Waals surface area contributed by atoms with Gasteiger partial charge >= 0.3 is 59.1 Å². The molecule has 1 N–H and O–H groups in total. The van der Waals surface area contributed by atoms with E-state index in [0.717, 1.165) is 0 Å². The normalized spacial score (nSPS) is 12.3. The van der Waals surface area contributed by atoms with E-state index >= 15 is 0 Å². The van der Waals surface area contributed by atoms with Crippen LogP contribution in [-0.2, 0) is 14.4 Å². The molecular formula is C10H15NNa2O5. The molecule has 6 nitrogen and oxygen atoms in total. The molecule has 0 bridgehead atoms. The van der Waals surface area contributed by atoms with Gasteiger partial charge in [0, 0.05) is 30.8 Å². The molecular weight excluding hydrogens is 260 g/mol. The molecule has 2 atom stereocenters. The fraction of sp³-hybridized carbons (Fsp3) is 0.700. The molecule has 0 heterocycles. The third-order valence-electron chi connectivity index (χ3n) is 2.19. The van der Waals surface area contributed by atoms with Gasteiger partial charge in [0.25, 0.3) is 0 Å². The van der Waals surface area contributed by atoms with Gasteiger partial charge in [-0.3, -0.25) is 4.79 Å². The number of carboxylic acids is 2. The second kappa shape index (κ2) is 12.4. The summed E-state index contributed by atoms with van der Waals surface area (Å²) in [7, 11) is 0. The van der Waals surface area contributed by atoms with E-state index in [4.69, 9.17) is 0 Å². The molecule has 0 aliphatic rings. The average Bonchev–Trinajstić information content (AvgIpc) is 2.16. The molecule has 0 fully saturated rings. The fourth-order valence-corrected chi connectivity index (χ4v) is 1.20. The van der Waals surface area contributed by atoms with Crippen molar-refractivity contribution in [3.8, 4) is 0 Å². The van der Waals surface area contributed by atoms with Gasteiger partial charge < -0.3 is 25.1 Å². The van der Waals surface area contributed by atoms with Crippen LogP contribution in [0.15, 0.2) is 0 Å². The Hall–Kier alpha value is 0.410. The minimum absolute atomic E-state index is 0. The van der Waals surface area contributed by atoms with E-state index < -0.39 is 23.8 Å². The Labute approximate surface area is 150 Å². The predicted molar refractivity (Wildman–Crippen MR) is 50.6 cm³/mol. The first kappa shape index (κ1) is 23.5. The van der Waals surface area contributed by atoms with Crippen LogP contribution in [0.5, 0.6) is 0 Å². The molecule has 0 radical (unpaired) electrons. The average molecular weight is 275 g/mol. The van der Waals surface area contributed by atoms with Gasteiger partial charge in [-0.25, -0.2) is 0 Å². The van der Waals surface area contributed by atoms with Gasteiger partial charge in [-0.2, -0.15) is 0 Å². The zero-order chi connectivity index (χ0) is 12.7. The number of hydrogen-bond acceptors (Lipinski definition) is 5. The standard InChI is InChI=1S/C10H17NO5.2Na/c1-6(5-7(2)10(15)16)9(14)11-4-3-8(12)13;;/h6-7H,3-5H2,1-2H3,(H,11,14)(H,12,13)(H,15,16);;/q;2*+1/p-2/t6-,7-;;/m0../s1. The van der Waals surface area contributed by atoms with Crippen molar-refractivity contribution in [2.75, 3.05) is 6.54 Å². The third-order valence-corrected chi connectivity index (χ3v) is 2.19. The van der Waals surface area contributed by atoms with Gasteiger partial charge in [0.15, 0.2) is 0 Å². The molecule has 0 aliphatic carbocycles. The summed E-state index contributed by atoms with van der Waals surface area (Å²) >= 11 is 0. The minimum atomic E-state index is -1.24. The number of rotatable bonds is 7. The van der Waals surface area contributed by atoms with Gasteiger partial charge in [0.05, 0.1) is 0 Å². The summed E-state index contributed by atoms with van der Waals surface area (Å²) in [4.78, 5) is 31.8. The second-order valence-corrected chi connectivity index (χ2v) is 3.77. The van der Waals surface area contributed by atoms with Crippen LogP contribution in [0.4, 0.5) is 0 Å². The maximum atomic E-state index is 11.3. The molecule has 92 valence electrons. The number of aliphatic carboxylic acids is 2. The van der Waals surface area contributed by atoms with Gasteiger partial charge in [0.2, 0.25) is 5.91 Å². The first-order chi connectivity index (χ1) is 7.34. The third kappa shape index (κ3) is 11.5. The van der Waals surface area contributed by atoms with E-state index in [2.05, 4.69) is 5.32 Å². The van der Waals surface area contributed by atoms with E-state index in [1.807, 2.05) is 0 Å². The number of carboxylic acid groups (broad SMARTS) is 2. The Bertz CT molecular complexity index is 285. The number of carbonyl (C=O) groups is 3. The summed E-state index contributed by atoms with van der Waals surface area (Å²) in [5, 5.41) is 22.9. The van der Waals surface area contributed by atoms with Gasteiger partial charge in [-0.05, 0) is 12.3 Å². The summed E-state index contributed by atoms with van der Waals surface area (Å²) < 4.78 is 0. The Balaban J connectivity index is -0.00000112. The zero-order valence-corrected chi connectivity index (χ0v) is 15.3. The molecule has 0 spiro atoms. The quantitative estimate of drug-likeness (QED) is 0.464. The maximum absolute atomic E-state index is 11.3. The number of hydrogen-bond donors (Lipinski definition) is 1. The van der Waals surface area contributed by atoms with Crippen LogP contribution in [0.25, 0.3) is 0 Å². The fourth-order valence-electron chi connectivity index (χ4n) is 1.20. The van der Waals surface area contributed by atoms with Crippen molar-refractivity contribution in [3.63, 3.8) is 0 Å². The van der Waals surface area contributed by atoms with E-state index in [1.165, 1.54) is 6.92 Å². The van der Waals surface area contributed by atoms with Crippen molar-refractivity contribution in [2.45, 2.75) is 26.7 Å². The molecule has 0 saturated carbocycles. The van der Waals surface area contributed by atoms with E-state index in [1.54, 1.807) is 6.92 Å². The van der Waals surface area contributed by atoms with E-state index in [0.29, 0.717) is 0 Å². The van der Waals surface area contributed by atoms with Crippen molar-refractivity contribution in [1.29, 1.82) is 0 Å². The summed E-state index contributed by atoms with van der Waals surface area (Å²) in [6, 6.07) is 0. The smallest absolute Gasteiger partial charge is 0.550 e. The van der Waals surface area contributed by atoms with Gasteiger partial charge in [0.1, 0.15) is 0 Å². The molecule has 0 unspecified atom stereocenters. The van der Waals surface area contributed by atoms with E-state index in [-0.39, 0.29) is 84.4 Å². The monoisotopic (exact) mass is 275 g/mol. The molecule has 0 rings (SSSR count). The largest absolute Gasteiger partial charge is 1.00 e. The van der Waals surface area contributed by atoms with Crippen LogP contribution in [0.3, 0.4) is 0 Å². The number of nitrogens with one attached hydrogen (secondary N) is 1. The van der Waals surface area contributed by atoms with Crippen LogP contribution >= 0.6 is 0 Å².